The fourth-order valence-corrected chi connectivity index (χ4v) is 4.19. The molecule has 1 heterocycles. The van der Waals surface area contributed by atoms with E-state index < -0.39 is 0 Å². The van der Waals surface area contributed by atoms with E-state index in [0.29, 0.717) is 23.8 Å². The second kappa shape index (κ2) is 6.59. The van der Waals surface area contributed by atoms with Gasteiger partial charge in [0.05, 0.1) is 0 Å². The quantitative estimate of drug-likeness (QED) is 0.896. The van der Waals surface area contributed by atoms with Gasteiger partial charge in [-0.05, 0) is 56.7 Å². The van der Waals surface area contributed by atoms with Crippen LogP contribution in [0, 0.1) is 11.7 Å². The molecule has 2 aliphatic rings. The number of carbonyl (C=O) groups is 1. The highest BCUT2D eigenvalue weighted by Gasteiger charge is 2.32. The maximum absolute atomic E-state index is 14.2. The summed E-state index contributed by atoms with van der Waals surface area (Å²) in [5, 5.41) is 7.61. The summed E-state index contributed by atoms with van der Waals surface area (Å²) in [6.45, 7) is 0.590. The Labute approximate surface area is 146 Å². The average Bonchev–Trinajstić information content (AvgIpc) is 3.31. The third-order valence-electron chi connectivity index (χ3n) is 5.50. The number of carbonyl (C=O) groups excluding carboxylic acids is 1. The molecule has 2 atom stereocenters. The molecule has 0 saturated heterocycles. The number of aromatic nitrogens is 2. The van der Waals surface area contributed by atoms with Gasteiger partial charge >= 0.3 is 0 Å². The third kappa shape index (κ3) is 2.84. The first-order valence-corrected chi connectivity index (χ1v) is 9.05. The van der Waals surface area contributed by atoms with Crippen molar-refractivity contribution in [1.82, 2.24) is 15.1 Å². The highest BCUT2D eigenvalue weighted by atomic mass is 19.1. The van der Waals surface area contributed by atoms with Crippen LogP contribution in [0.3, 0.4) is 0 Å². The first-order valence-electron chi connectivity index (χ1n) is 9.05. The standard InChI is InChI=1S/C19H23FN4O/c20-14-7-1-2-9-17(14)24-16-10-4-6-13(16)18(23-24)19(25)22-15-8-3-5-12(15)11-21/h1-2,7,9,12,15H,3-6,8,10-11,21H2,(H,22,25). The van der Waals surface area contributed by atoms with Crippen LogP contribution in [-0.4, -0.2) is 28.3 Å². The van der Waals surface area contributed by atoms with E-state index in [4.69, 9.17) is 5.73 Å². The van der Waals surface area contributed by atoms with Crippen LogP contribution < -0.4 is 11.1 Å². The highest BCUT2D eigenvalue weighted by Crippen LogP contribution is 2.30. The number of rotatable bonds is 4. The number of halogens is 1. The van der Waals surface area contributed by atoms with Crippen LogP contribution in [0.5, 0.6) is 0 Å². The van der Waals surface area contributed by atoms with Gasteiger partial charge in [-0.3, -0.25) is 4.79 Å². The lowest BCUT2D eigenvalue weighted by atomic mass is 10.0. The van der Waals surface area contributed by atoms with E-state index >= 15 is 0 Å². The van der Waals surface area contributed by atoms with Gasteiger partial charge < -0.3 is 11.1 Å². The second-order valence-corrected chi connectivity index (χ2v) is 7.00. The number of nitrogens with one attached hydrogen (secondary N) is 1. The average molecular weight is 342 g/mol. The molecule has 0 aliphatic heterocycles. The molecule has 0 spiro atoms. The summed E-state index contributed by atoms with van der Waals surface area (Å²) < 4.78 is 15.8. The lowest BCUT2D eigenvalue weighted by Crippen LogP contribution is -2.40. The minimum absolute atomic E-state index is 0.119. The van der Waals surface area contributed by atoms with Crippen LogP contribution in [0.4, 0.5) is 4.39 Å². The molecule has 2 aromatic rings. The van der Waals surface area contributed by atoms with E-state index in [1.54, 1.807) is 22.9 Å². The Morgan fingerprint density at radius 1 is 1.28 bits per heavy atom. The maximum atomic E-state index is 14.2. The summed E-state index contributed by atoms with van der Waals surface area (Å²) in [6.07, 6.45) is 5.72. The summed E-state index contributed by atoms with van der Waals surface area (Å²) in [6, 6.07) is 6.68. The van der Waals surface area contributed by atoms with E-state index in [1.807, 2.05) is 0 Å². The molecule has 25 heavy (non-hydrogen) atoms. The highest BCUT2D eigenvalue weighted by molar-refractivity contribution is 5.94. The van der Waals surface area contributed by atoms with Crippen LogP contribution in [0.1, 0.15) is 47.4 Å². The molecule has 4 rings (SSSR count). The largest absolute Gasteiger partial charge is 0.348 e. The van der Waals surface area contributed by atoms with Crippen LogP contribution in [0.25, 0.3) is 5.69 Å². The molecule has 1 fully saturated rings. The zero-order valence-electron chi connectivity index (χ0n) is 14.2. The molecule has 1 aromatic heterocycles. The predicted molar refractivity (Wildman–Crippen MR) is 93.2 cm³/mol. The Kier molecular flexibility index (Phi) is 4.29. The molecular formula is C19H23FN4O. The maximum Gasteiger partial charge on any atom is 0.272 e. The van der Waals surface area contributed by atoms with Crippen molar-refractivity contribution in [3.63, 3.8) is 0 Å². The van der Waals surface area contributed by atoms with Gasteiger partial charge in [-0.2, -0.15) is 5.10 Å². The first-order chi connectivity index (χ1) is 12.2. The Hall–Kier alpha value is -2.21. The van der Waals surface area contributed by atoms with Crippen LogP contribution in [0.15, 0.2) is 24.3 Å². The van der Waals surface area contributed by atoms with Gasteiger partial charge in [0.25, 0.3) is 5.91 Å². The Bertz CT molecular complexity index is 801. The van der Waals surface area contributed by atoms with Crippen molar-refractivity contribution in [1.29, 1.82) is 0 Å². The number of benzene rings is 1. The van der Waals surface area contributed by atoms with Crippen molar-refractivity contribution in [2.24, 2.45) is 11.7 Å². The van der Waals surface area contributed by atoms with Crippen LogP contribution in [-0.2, 0) is 12.8 Å². The first kappa shape index (κ1) is 16.3. The van der Waals surface area contributed by atoms with E-state index in [2.05, 4.69) is 10.4 Å². The van der Waals surface area contributed by atoms with E-state index in [9.17, 15) is 9.18 Å². The van der Waals surface area contributed by atoms with Crippen molar-refractivity contribution < 1.29 is 9.18 Å². The number of fused-ring (bicyclic) bond motifs is 1. The topological polar surface area (TPSA) is 72.9 Å². The normalized spacial score (nSPS) is 22.2. The number of hydrogen-bond acceptors (Lipinski definition) is 3. The molecule has 1 amide bonds. The number of hydrogen-bond donors (Lipinski definition) is 2. The lowest BCUT2D eigenvalue weighted by molar-refractivity contribution is 0.0922. The van der Waals surface area contributed by atoms with Gasteiger partial charge in [0.15, 0.2) is 5.69 Å². The fraction of sp³-hybridized carbons (Fsp3) is 0.474. The monoisotopic (exact) mass is 342 g/mol. The van der Waals surface area contributed by atoms with Gasteiger partial charge in [0.2, 0.25) is 0 Å². The summed E-state index contributed by atoms with van der Waals surface area (Å²) in [5.74, 6) is -0.144. The zero-order chi connectivity index (χ0) is 17.4. The van der Waals surface area contributed by atoms with Gasteiger partial charge in [0.1, 0.15) is 11.5 Å². The zero-order valence-corrected chi connectivity index (χ0v) is 14.2. The Balaban J connectivity index is 1.66. The smallest absolute Gasteiger partial charge is 0.272 e. The third-order valence-corrected chi connectivity index (χ3v) is 5.50. The molecular weight excluding hydrogens is 319 g/mol. The lowest BCUT2D eigenvalue weighted by Gasteiger charge is -2.19. The summed E-state index contributed by atoms with van der Waals surface area (Å²) in [5.41, 5.74) is 8.58. The van der Waals surface area contributed by atoms with Crippen molar-refractivity contribution in [2.45, 2.75) is 44.6 Å². The minimum atomic E-state index is -0.328. The molecule has 132 valence electrons. The van der Waals surface area contributed by atoms with E-state index in [0.717, 1.165) is 49.8 Å². The molecule has 3 N–H and O–H groups in total. The summed E-state index contributed by atoms with van der Waals surface area (Å²) >= 11 is 0. The van der Waals surface area contributed by atoms with Gasteiger partial charge in [0, 0.05) is 17.3 Å². The van der Waals surface area contributed by atoms with E-state index in [-0.39, 0.29) is 17.8 Å². The Morgan fingerprint density at radius 2 is 2.12 bits per heavy atom. The number of amides is 1. The number of para-hydroxylation sites is 1. The number of nitrogens with two attached hydrogens (primary N) is 1. The van der Waals surface area contributed by atoms with E-state index in [1.165, 1.54) is 6.07 Å². The second-order valence-electron chi connectivity index (χ2n) is 7.00. The molecule has 0 bridgehead atoms. The molecule has 2 unspecified atom stereocenters. The fourth-order valence-electron chi connectivity index (χ4n) is 4.19. The summed E-state index contributed by atoms with van der Waals surface area (Å²) in [4.78, 5) is 12.8. The molecule has 1 aromatic carbocycles. The molecule has 0 radical (unpaired) electrons. The van der Waals surface area contributed by atoms with Crippen molar-refractivity contribution in [2.75, 3.05) is 6.54 Å². The van der Waals surface area contributed by atoms with Crippen LogP contribution >= 0.6 is 0 Å². The van der Waals surface area contributed by atoms with Crippen LogP contribution in [0.2, 0.25) is 0 Å². The molecule has 6 heteroatoms. The van der Waals surface area contributed by atoms with Gasteiger partial charge in [-0.1, -0.05) is 18.6 Å². The SMILES string of the molecule is NCC1CCCC1NC(=O)c1nn(-c2ccccc2F)c2c1CCC2. The van der Waals surface area contributed by atoms with Gasteiger partial charge in [-0.25, -0.2) is 9.07 Å². The number of nitrogens with zero attached hydrogens (tertiary/aromatic N) is 2. The molecule has 1 saturated carbocycles. The van der Waals surface area contributed by atoms with Crippen molar-refractivity contribution in [3.8, 4) is 5.69 Å². The minimum Gasteiger partial charge on any atom is -0.348 e. The molecule has 5 nitrogen and oxygen atoms in total. The van der Waals surface area contributed by atoms with Crippen molar-refractivity contribution >= 4 is 5.91 Å². The Morgan fingerprint density at radius 3 is 2.92 bits per heavy atom. The van der Waals surface area contributed by atoms with Crippen molar-refractivity contribution in [3.05, 3.63) is 47.0 Å². The summed E-state index contributed by atoms with van der Waals surface area (Å²) in [7, 11) is 0. The van der Waals surface area contributed by atoms with Gasteiger partial charge in [-0.15, -0.1) is 0 Å². The molecule has 2 aliphatic carbocycles. The predicted octanol–water partition coefficient (Wildman–Crippen LogP) is 2.36.